The van der Waals surface area contributed by atoms with Gasteiger partial charge in [0.25, 0.3) is 0 Å². The van der Waals surface area contributed by atoms with Crippen LogP contribution < -0.4 is 11.1 Å². The van der Waals surface area contributed by atoms with Gasteiger partial charge in [0.15, 0.2) is 0 Å². The fourth-order valence-corrected chi connectivity index (χ4v) is 0.880. The van der Waals surface area contributed by atoms with Crippen LogP contribution in [0, 0.1) is 0 Å². The minimum absolute atomic E-state index is 0.725. The maximum Gasteiger partial charge on any atom is 0.207 e. The number of hydrogen-bond acceptors (Lipinski definition) is 2. The second-order valence-corrected chi connectivity index (χ2v) is 2.62. The number of nitrogens with two attached hydrogens (primary N) is 1. The van der Waals surface area contributed by atoms with Gasteiger partial charge in [-0.1, -0.05) is 12.2 Å². The SMILES string of the molecule is NCC/C=C/CCCCNC=O. The Labute approximate surface area is 74.0 Å². The minimum atomic E-state index is 0.725. The van der Waals surface area contributed by atoms with Gasteiger partial charge in [0.05, 0.1) is 0 Å². The normalized spacial score (nSPS) is 10.4. The first-order chi connectivity index (χ1) is 5.91. The van der Waals surface area contributed by atoms with Crippen molar-refractivity contribution < 1.29 is 4.79 Å². The highest BCUT2D eigenvalue weighted by Crippen LogP contribution is 1.95. The number of amides is 1. The Kier molecular flexibility index (Phi) is 9.47. The van der Waals surface area contributed by atoms with E-state index in [2.05, 4.69) is 17.5 Å². The summed E-state index contributed by atoms with van der Waals surface area (Å²) in [5.41, 5.74) is 5.31. The molecule has 3 heteroatoms. The van der Waals surface area contributed by atoms with Crippen molar-refractivity contribution in [3.63, 3.8) is 0 Å². The summed E-state index contributed by atoms with van der Waals surface area (Å²) in [7, 11) is 0. The molecule has 1 amide bonds. The lowest BCUT2D eigenvalue weighted by atomic mass is 10.2. The largest absolute Gasteiger partial charge is 0.359 e. The summed E-state index contributed by atoms with van der Waals surface area (Å²) in [6, 6.07) is 0. The molecule has 3 N–H and O–H groups in total. The van der Waals surface area contributed by atoms with Gasteiger partial charge in [0, 0.05) is 6.54 Å². The number of hydrogen-bond donors (Lipinski definition) is 2. The highest BCUT2D eigenvalue weighted by molar-refractivity contribution is 5.45. The van der Waals surface area contributed by atoms with Gasteiger partial charge in [-0.15, -0.1) is 0 Å². The monoisotopic (exact) mass is 170 g/mol. The lowest BCUT2D eigenvalue weighted by Crippen LogP contribution is -2.11. The number of nitrogens with one attached hydrogen (secondary N) is 1. The second-order valence-electron chi connectivity index (χ2n) is 2.62. The van der Waals surface area contributed by atoms with E-state index < -0.39 is 0 Å². The molecular weight excluding hydrogens is 152 g/mol. The van der Waals surface area contributed by atoms with Gasteiger partial charge < -0.3 is 11.1 Å². The summed E-state index contributed by atoms with van der Waals surface area (Å²) in [6.45, 7) is 1.51. The van der Waals surface area contributed by atoms with E-state index in [1.54, 1.807) is 0 Å². The third-order valence-corrected chi connectivity index (χ3v) is 1.53. The Hall–Kier alpha value is -0.830. The van der Waals surface area contributed by atoms with E-state index in [1.807, 2.05) is 0 Å². The molecule has 0 aliphatic rings. The van der Waals surface area contributed by atoms with Crippen LogP contribution in [0.5, 0.6) is 0 Å². The molecule has 0 aliphatic heterocycles. The van der Waals surface area contributed by atoms with E-state index in [1.165, 1.54) is 0 Å². The maximum atomic E-state index is 9.84. The Morgan fingerprint density at radius 2 is 1.92 bits per heavy atom. The van der Waals surface area contributed by atoms with Crippen molar-refractivity contribution in [2.75, 3.05) is 13.1 Å². The van der Waals surface area contributed by atoms with Crippen molar-refractivity contribution in [1.82, 2.24) is 5.32 Å². The van der Waals surface area contributed by atoms with Gasteiger partial charge in [-0.3, -0.25) is 4.79 Å². The minimum Gasteiger partial charge on any atom is -0.359 e. The van der Waals surface area contributed by atoms with E-state index in [9.17, 15) is 4.79 Å². The fraction of sp³-hybridized carbons (Fsp3) is 0.667. The highest BCUT2D eigenvalue weighted by Gasteiger charge is 1.84. The molecule has 0 unspecified atom stereocenters. The van der Waals surface area contributed by atoms with Crippen LogP contribution in [0.1, 0.15) is 25.7 Å². The predicted molar refractivity (Wildman–Crippen MR) is 50.7 cm³/mol. The summed E-state index contributed by atoms with van der Waals surface area (Å²) < 4.78 is 0. The zero-order chi connectivity index (χ0) is 9.07. The van der Waals surface area contributed by atoms with Crippen molar-refractivity contribution in [3.8, 4) is 0 Å². The molecule has 0 spiro atoms. The molecule has 0 aromatic carbocycles. The molecule has 0 saturated carbocycles. The summed E-state index contributed by atoms with van der Waals surface area (Å²) in [5, 5.41) is 2.63. The van der Waals surface area contributed by atoms with Crippen LogP contribution in [0.15, 0.2) is 12.2 Å². The standard InChI is InChI=1S/C9H18N2O/c10-7-5-3-1-2-4-6-8-11-9-12/h1,3,9H,2,4-8,10H2,(H,11,12)/b3-1+. The molecule has 0 aliphatic carbocycles. The Balaban J connectivity index is 2.94. The van der Waals surface area contributed by atoms with Gasteiger partial charge in [0.2, 0.25) is 6.41 Å². The lowest BCUT2D eigenvalue weighted by Gasteiger charge is -1.95. The molecule has 0 fully saturated rings. The van der Waals surface area contributed by atoms with E-state index in [0.717, 1.165) is 45.2 Å². The Bertz CT molecular complexity index is 124. The number of carbonyl (C=O) groups is 1. The molecule has 0 saturated heterocycles. The number of rotatable bonds is 8. The van der Waals surface area contributed by atoms with Crippen molar-refractivity contribution in [2.45, 2.75) is 25.7 Å². The van der Waals surface area contributed by atoms with Crippen LogP contribution in [0.2, 0.25) is 0 Å². The molecule has 0 radical (unpaired) electrons. The highest BCUT2D eigenvalue weighted by atomic mass is 16.1. The summed E-state index contributed by atoms with van der Waals surface area (Å²) >= 11 is 0. The van der Waals surface area contributed by atoms with Crippen LogP contribution in [-0.4, -0.2) is 19.5 Å². The van der Waals surface area contributed by atoms with Gasteiger partial charge in [-0.25, -0.2) is 0 Å². The zero-order valence-electron chi connectivity index (χ0n) is 7.46. The van der Waals surface area contributed by atoms with Gasteiger partial charge >= 0.3 is 0 Å². The topological polar surface area (TPSA) is 55.1 Å². The van der Waals surface area contributed by atoms with Crippen molar-refractivity contribution >= 4 is 6.41 Å². The first-order valence-corrected chi connectivity index (χ1v) is 4.44. The second kappa shape index (κ2) is 10.2. The molecule has 0 aromatic rings. The smallest absolute Gasteiger partial charge is 0.207 e. The number of unbranched alkanes of at least 4 members (excludes halogenated alkanes) is 2. The molecule has 0 heterocycles. The van der Waals surface area contributed by atoms with Crippen LogP contribution >= 0.6 is 0 Å². The molecule has 12 heavy (non-hydrogen) atoms. The maximum absolute atomic E-state index is 9.84. The van der Waals surface area contributed by atoms with Crippen LogP contribution in [0.25, 0.3) is 0 Å². The van der Waals surface area contributed by atoms with E-state index in [0.29, 0.717) is 0 Å². The lowest BCUT2D eigenvalue weighted by molar-refractivity contribution is -0.109. The molecular formula is C9H18N2O. The third kappa shape index (κ3) is 9.17. The molecule has 0 aromatic heterocycles. The van der Waals surface area contributed by atoms with E-state index in [-0.39, 0.29) is 0 Å². The molecule has 0 rings (SSSR count). The average molecular weight is 170 g/mol. The van der Waals surface area contributed by atoms with E-state index in [4.69, 9.17) is 5.73 Å². The number of allylic oxidation sites excluding steroid dienone is 1. The summed E-state index contributed by atoms with van der Waals surface area (Å²) in [5.74, 6) is 0. The van der Waals surface area contributed by atoms with Gasteiger partial charge in [0.1, 0.15) is 0 Å². The van der Waals surface area contributed by atoms with Crippen LogP contribution in [0.4, 0.5) is 0 Å². The third-order valence-electron chi connectivity index (χ3n) is 1.53. The molecule has 70 valence electrons. The molecule has 0 bridgehead atoms. The Morgan fingerprint density at radius 3 is 2.58 bits per heavy atom. The van der Waals surface area contributed by atoms with Crippen molar-refractivity contribution in [2.24, 2.45) is 5.73 Å². The van der Waals surface area contributed by atoms with Crippen molar-refractivity contribution in [3.05, 3.63) is 12.2 Å². The quantitative estimate of drug-likeness (QED) is 0.322. The van der Waals surface area contributed by atoms with Gasteiger partial charge in [-0.2, -0.15) is 0 Å². The average Bonchev–Trinajstić information content (AvgIpc) is 2.10. The van der Waals surface area contributed by atoms with Crippen LogP contribution in [0.3, 0.4) is 0 Å². The number of carbonyl (C=O) groups excluding carboxylic acids is 1. The molecule has 3 nitrogen and oxygen atoms in total. The predicted octanol–water partition coefficient (Wildman–Crippen LogP) is 0.808. The van der Waals surface area contributed by atoms with Gasteiger partial charge in [-0.05, 0) is 32.2 Å². The first-order valence-electron chi connectivity index (χ1n) is 4.44. The van der Waals surface area contributed by atoms with Crippen molar-refractivity contribution in [1.29, 1.82) is 0 Å². The fourth-order valence-electron chi connectivity index (χ4n) is 0.880. The Morgan fingerprint density at radius 1 is 1.17 bits per heavy atom. The van der Waals surface area contributed by atoms with Crippen LogP contribution in [-0.2, 0) is 4.79 Å². The zero-order valence-corrected chi connectivity index (χ0v) is 7.46. The van der Waals surface area contributed by atoms with E-state index >= 15 is 0 Å². The first kappa shape index (κ1) is 11.2. The summed E-state index contributed by atoms with van der Waals surface area (Å²) in [6.07, 6.45) is 9.21. The summed E-state index contributed by atoms with van der Waals surface area (Å²) in [4.78, 5) is 9.84. The molecule has 0 atom stereocenters.